The maximum absolute atomic E-state index is 12.3. The van der Waals surface area contributed by atoms with Crippen molar-refractivity contribution in [2.24, 2.45) is 5.41 Å². The van der Waals surface area contributed by atoms with Crippen molar-refractivity contribution < 1.29 is 9.59 Å². The van der Waals surface area contributed by atoms with E-state index < -0.39 is 5.41 Å². The SMILES string of the molecule is CC1(C)CC(=O)N(Cc2cc(Br)cc3cccnc23)C1=O. The average molecular weight is 347 g/mol. The number of hydrogen-bond donors (Lipinski definition) is 0. The van der Waals surface area contributed by atoms with Crippen LogP contribution in [0.3, 0.4) is 0 Å². The molecule has 108 valence electrons. The number of nitrogens with zero attached hydrogens (tertiary/aromatic N) is 2. The molecule has 5 heteroatoms. The van der Waals surface area contributed by atoms with Gasteiger partial charge in [0, 0.05) is 22.5 Å². The molecule has 2 heterocycles. The van der Waals surface area contributed by atoms with Crippen molar-refractivity contribution >= 4 is 38.6 Å². The van der Waals surface area contributed by atoms with Gasteiger partial charge in [-0.3, -0.25) is 19.5 Å². The fourth-order valence-electron chi connectivity index (χ4n) is 2.71. The number of rotatable bonds is 2. The minimum absolute atomic E-state index is 0.114. The van der Waals surface area contributed by atoms with Gasteiger partial charge in [-0.1, -0.05) is 35.8 Å². The molecule has 0 N–H and O–H groups in total. The number of aromatic nitrogens is 1. The fourth-order valence-corrected chi connectivity index (χ4v) is 3.23. The number of pyridine rings is 1. The summed E-state index contributed by atoms with van der Waals surface area (Å²) in [5, 5.41) is 0.986. The number of benzene rings is 1. The zero-order valence-corrected chi connectivity index (χ0v) is 13.5. The number of imide groups is 1. The molecular weight excluding hydrogens is 332 g/mol. The fraction of sp³-hybridized carbons (Fsp3) is 0.312. The molecule has 1 saturated heterocycles. The summed E-state index contributed by atoms with van der Waals surface area (Å²) in [5.41, 5.74) is 1.09. The van der Waals surface area contributed by atoms with Crippen molar-refractivity contribution in [1.29, 1.82) is 0 Å². The first-order chi connectivity index (χ1) is 9.88. The number of carbonyl (C=O) groups is 2. The summed E-state index contributed by atoms with van der Waals surface area (Å²) in [4.78, 5) is 30.2. The second-order valence-corrected chi connectivity index (χ2v) is 6.90. The van der Waals surface area contributed by atoms with Crippen molar-refractivity contribution in [3.05, 3.63) is 40.5 Å². The van der Waals surface area contributed by atoms with Gasteiger partial charge in [-0.15, -0.1) is 0 Å². The summed E-state index contributed by atoms with van der Waals surface area (Å²) in [5.74, 6) is -0.231. The first kappa shape index (κ1) is 14.2. The number of likely N-dealkylation sites (tertiary alicyclic amines) is 1. The highest BCUT2D eigenvalue weighted by Crippen LogP contribution is 2.33. The number of carbonyl (C=O) groups excluding carboxylic acids is 2. The molecule has 2 amide bonds. The Kier molecular flexibility index (Phi) is 3.32. The van der Waals surface area contributed by atoms with Crippen LogP contribution in [0.5, 0.6) is 0 Å². The summed E-state index contributed by atoms with van der Waals surface area (Å²) in [7, 11) is 0. The monoisotopic (exact) mass is 346 g/mol. The maximum Gasteiger partial charge on any atom is 0.235 e. The van der Waals surface area contributed by atoms with E-state index >= 15 is 0 Å². The van der Waals surface area contributed by atoms with Crippen molar-refractivity contribution in [1.82, 2.24) is 9.88 Å². The van der Waals surface area contributed by atoms with Gasteiger partial charge in [-0.2, -0.15) is 0 Å². The summed E-state index contributed by atoms with van der Waals surface area (Å²) >= 11 is 3.47. The van der Waals surface area contributed by atoms with Gasteiger partial charge in [0.2, 0.25) is 11.8 Å². The van der Waals surface area contributed by atoms with Crippen LogP contribution in [0.25, 0.3) is 10.9 Å². The first-order valence-electron chi connectivity index (χ1n) is 6.76. The molecule has 0 radical (unpaired) electrons. The average Bonchev–Trinajstić information content (AvgIpc) is 2.60. The van der Waals surface area contributed by atoms with E-state index in [9.17, 15) is 9.59 Å². The molecule has 0 spiro atoms. The van der Waals surface area contributed by atoms with Gasteiger partial charge in [0.25, 0.3) is 0 Å². The number of fused-ring (bicyclic) bond motifs is 1. The Morgan fingerprint density at radius 3 is 2.76 bits per heavy atom. The van der Waals surface area contributed by atoms with Crippen LogP contribution in [0.4, 0.5) is 0 Å². The number of hydrogen-bond acceptors (Lipinski definition) is 3. The standard InChI is InChI=1S/C16H15BrN2O2/c1-16(2)8-13(20)19(15(16)21)9-11-7-12(17)6-10-4-3-5-18-14(10)11/h3-7H,8-9H2,1-2H3. The largest absolute Gasteiger partial charge is 0.278 e. The Morgan fingerprint density at radius 2 is 2.10 bits per heavy atom. The molecule has 1 aromatic carbocycles. The lowest BCUT2D eigenvalue weighted by Crippen LogP contribution is -2.32. The minimum atomic E-state index is -0.605. The van der Waals surface area contributed by atoms with E-state index in [-0.39, 0.29) is 24.8 Å². The van der Waals surface area contributed by atoms with E-state index in [0.29, 0.717) is 0 Å². The van der Waals surface area contributed by atoms with Gasteiger partial charge in [0.1, 0.15) is 0 Å². The summed E-state index contributed by atoms with van der Waals surface area (Å²) in [6.45, 7) is 3.89. The van der Waals surface area contributed by atoms with Crippen LogP contribution < -0.4 is 0 Å². The molecule has 0 bridgehead atoms. The molecule has 1 aliphatic heterocycles. The van der Waals surface area contributed by atoms with Crippen LogP contribution >= 0.6 is 15.9 Å². The van der Waals surface area contributed by atoms with Gasteiger partial charge in [-0.05, 0) is 23.8 Å². The summed E-state index contributed by atoms with van der Waals surface area (Å²) in [6, 6.07) is 7.73. The Balaban J connectivity index is 2.03. The lowest BCUT2D eigenvalue weighted by atomic mass is 9.92. The summed E-state index contributed by atoms with van der Waals surface area (Å²) < 4.78 is 0.913. The van der Waals surface area contributed by atoms with Crippen molar-refractivity contribution in [3.8, 4) is 0 Å². The Morgan fingerprint density at radius 1 is 1.33 bits per heavy atom. The predicted octanol–water partition coefficient (Wildman–Crippen LogP) is 3.28. The predicted molar refractivity (Wildman–Crippen MR) is 83.4 cm³/mol. The number of halogens is 1. The Labute approximate surface area is 131 Å². The minimum Gasteiger partial charge on any atom is -0.278 e. The molecule has 21 heavy (non-hydrogen) atoms. The topological polar surface area (TPSA) is 50.3 Å². The second-order valence-electron chi connectivity index (χ2n) is 5.99. The molecule has 0 aliphatic carbocycles. The van der Waals surface area contributed by atoms with Gasteiger partial charge >= 0.3 is 0 Å². The molecule has 0 unspecified atom stereocenters. The molecule has 3 rings (SSSR count). The summed E-state index contributed by atoms with van der Waals surface area (Å²) in [6.07, 6.45) is 1.99. The van der Waals surface area contributed by atoms with E-state index in [0.717, 1.165) is 20.9 Å². The van der Waals surface area contributed by atoms with Crippen LogP contribution in [-0.2, 0) is 16.1 Å². The number of amides is 2. The van der Waals surface area contributed by atoms with Crippen molar-refractivity contribution in [2.75, 3.05) is 0 Å². The normalized spacial score (nSPS) is 17.8. The quantitative estimate of drug-likeness (QED) is 0.784. The second kappa shape index (κ2) is 4.91. The van der Waals surface area contributed by atoms with Gasteiger partial charge in [-0.25, -0.2) is 0 Å². The highest BCUT2D eigenvalue weighted by atomic mass is 79.9. The zero-order valence-electron chi connectivity index (χ0n) is 11.9. The molecule has 4 nitrogen and oxygen atoms in total. The third-order valence-corrected chi connectivity index (χ3v) is 4.25. The molecule has 0 atom stereocenters. The van der Waals surface area contributed by atoms with Crippen LogP contribution in [0.2, 0.25) is 0 Å². The molecule has 1 fully saturated rings. The van der Waals surface area contributed by atoms with E-state index in [1.807, 2.05) is 38.1 Å². The van der Waals surface area contributed by atoms with E-state index in [4.69, 9.17) is 0 Å². The van der Waals surface area contributed by atoms with E-state index in [2.05, 4.69) is 20.9 Å². The van der Waals surface area contributed by atoms with Crippen LogP contribution in [0, 0.1) is 5.41 Å². The van der Waals surface area contributed by atoms with Crippen LogP contribution in [0.15, 0.2) is 34.9 Å². The lowest BCUT2D eigenvalue weighted by molar-refractivity contribution is -0.141. The third kappa shape index (κ3) is 2.46. The molecule has 1 aliphatic rings. The van der Waals surface area contributed by atoms with Gasteiger partial charge in [0.05, 0.1) is 17.5 Å². The van der Waals surface area contributed by atoms with Gasteiger partial charge < -0.3 is 0 Å². The van der Waals surface area contributed by atoms with E-state index in [1.165, 1.54) is 4.90 Å². The maximum atomic E-state index is 12.3. The molecule has 0 saturated carbocycles. The van der Waals surface area contributed by atoms with Gasteiger partial charge in [0.15, 0.2) is 0 Å². The lowest BCUT2D eigenvalue weighted by Gasteiger charge is -2.18. The Bertz CT molecular complexity index is 755. The van der Waals surface area contributed by atoms with E-state index in [1.54, 1.807) is 6.20 Å². The highest BCUT2D eigenvalue weighted by molar-refractivity contribution is 9.10. The Hall–Kier alpha value is -1.75. The van der Waals surface area contributed by atoms with Crippen LogP contribution in [0.1, 0.15) is 25.8 Å². The van der Waals surface area contributed by atoms with Crippen molar-refractivity contribution in [2.45, 2.75) is 26.8 Å². The first-order valence-corrected chi connectivity index (χ1v) is 7.56. The molecule has 2 aromatic rings. The molecule has 1 aromatic heterocycles. The smallest absolute Gasteiger partial charge is 0.235 e. The zero-order chi connectivity index (χ0) is 15.2. The van der Waals surface area contributed by atoms with Crippen LogP contribution in [-0.4, -0.2) is 21.7 Å². The highest BCUT2D eigenvalue weighted by Gasteiger charge is 2.44. The third-order valence-electron chi connectivity index (χ3n) is 3.80. The van der Waals surface area contributed by atoms with Crippen molar-refractivity contribution in [3.63, 3.8) is 0 Å². The molecular formula is C16H15BrN2O2.